The molecule has 2 aliphatic heterocycles. The van der Waals surface area contributed by atoms with Crippen LogP contribution in [0.4, 0.5) is 0 Å². The van der Waals surface area contributed by atoms with Crippen molar-refractivity contribution in [3.05, 3.63) is 35.9 Å². The Bertz CT molecular complexity index is 343. The minimum absolute atomic E-state index is 0.562. The van der Waals surface area contributed by atoms with E-state index in [0.717, 1.165) is 0 Å². The van der Waals surface area contributed by atoms with E-state index >= 15 is 0 Å². The molecule has 1 N–H and O–H groups in total. The van der Waals surface area contributed by atoms with Crippen LogP contribution in [0.15, 0.2) is 30.3 Å². The van der Waals surface area contributed by atoms with Crippen LogP contribution in [0.2, 0.25) is 0 Å². The number of hydrogen-bond donors (Lipinski definition) is 1. The molecule has 3 rings (SSSR count). The van der Waals surface area contributed by atoms with Crippen molar-refractivity contribution in [3.8, 4) is 0 Å². The molecule has 2 heterocycles. The lowest BCUT2D eigenvalue weighted by Crippen LogP contribution is -2.32. The van der Waals surface area contributed by atoms with Crippen molar-refractivity contribution in [1.82, 2.24) is 5.32 Å². The number of nitrogens with one attached hydrogen (secondary N) is 1. The molecule has 2 fully saturated rings. The van der Waals surface area contributed by atoms with E-state index in [2.05, 4.69) is 47.4 Å². The summed E-state index contributed by atoms with van der Waals surface area (Å²) in [5.74, 6) is 2.70. The SMILES string of the molecule is c1ccc(C2NCCC23CCSCC3)cc1. The molecule has 1 aromatic rings. The first-order valence-corrected chi connectivity index (χ1v) is 7.42. The van der Waals surface area contributed by atoms with Crippen molar-refractivity contribution < 1.29 is 0 Å². The minimum Gasteiger partial charge on any atom is -0.309 e. The van der Waals surface area contributed by atoms with Crippen molar-refractivity contribution >= 4 is 11.8 Å². The third kappa shape index (κ3) is 1.78. The lowest BCUT2D eigenvalue weighted by atomic mass is 9.73. The van der Waals surface area contributed by atoms with Crippen LogP contribution in [0.25, 0.3) is 0 Å². The average Bonchev–Trinajstić information content (AvgIpc) is 2.75. The van der Waals surface area contributed by atoms with Gasteiger partial charge in [0, 0.05) is 6.04 Å². The largest absolute Gasteiger partial charge is 0.309 e. The fraction of sp³-hybridized carbons (Fsp3) is 0.571. The second-order valence-corrected chi connectivity index (χ2v) is 6.25. The summed E-state index contributed by atoms with van der Waals surface area (Å²) in [5.41, 5.74) is 2.05. The molecule has 1 unspecified atom stereocenters. The van der Waals surface area contributed by atoms with Crippen LogP contribution >= 0.6 is 11.8 Å². The molecular weight excluding hydrogens is 214 g/mol. The zero-order valence-corrected chi connectivity index (χ0v) is 10.4. The number of benzene rings is 1. The van der Waals surface area contributed by atoms with Crippen LogP contribution in [0.5, 0.6) is 0 Å². The summed E-state index contributed by atoms with van der Waals surface area (Å²) in [6, 6.07) is 11.6. The Balaban J connectivity index is 1.89. The second-order valence-electron chi connectivity index (χ2n) is 5.02. The first kappa shape index (κ1) is 10.7. The summed E-state index contributed by atoms with van der Waals surface area (Å²) in [6.45, 7) is 1.20. The molecule has 1 atom stereocenters. The molecule has 0 aliphatic carbocycles. The van der Waals surface area contributed by atoms with E-state index < -0.39 is 0 Å². The number of thioether (sulfide) groups is 1. The van der Waals surface area contributed by atoms with Crippen LogP contribution < -0.4 is 5.32 Å². The van der Waals surface area contributed by atoms with Crippen molar-refractivity contribution in [3.63, 3.8) is 0 Å². The zero-order valence-electron chi connectivity index (χ0n) is 9.61. The van der Waals surface area contributed by atoms with Gasteiger partial charge in [-0.3, -0.25) is 0 Å². The molecule has 86 valence electrons. The van der Waals surface area contributed by atoms with Crippen molar-refractivity contribution in [2.24, 2.45) is 5.41 Å². The van der Waals surface area contributed by atoms with Gasteiger partial charge in [0.1, 0.15) is 0 Å². The highest BCUT2D eigenvalue weighted by atomic mass is 32.2. The molecule has 2 saturated heterocycles. The van der Waals surface area contributed by atoms with E-state index in [9.17, 15) is 0 Å². The van der Waals surface area contributed by atoms with Crippen molar-refractivity contribution in [2.75, 3.05) is 18.1 Å². The second kappa shape index (κ2) is 4.42. The standard InChI is InChI=1S/C14H19NS/c1-2-4-12(5-3-1)13-14(6-9-15-13)7-10-16-11-8-14/h1-5,13,15H,6-11H2. The molecular formula is C14H19NS. The highest BCUT2D eigenvalue weighted by molar-refractivity contribution is 7.99. The minimum atomic E-state index is 0.562. The Morgan fingerprint density at radius 3 is 2.56 bits per heavy atom. The van der Waals surface area contributed by atoms with Gasteiger partial charge in [0.05, 0.1) is 0 Å². The Labute approximate surface area is 102 Å². The van der Waals surface area contributed by atoms with E-state index in [4.69, 9.17) is 0 Å². The monoisotopic (exact) mass is 233 g/mol. The van der Waals surface area contributed by atoms with Gasteiger partial charge in [-0.2, -0.15) is 11.8 Å². The predicted molar refractivity (Wildman–Crippen MR) is 70.8 cm³/mol. The fourth-order valence-corrected chi connectivity index (χ4v) is 4.57. The first-order chi connectivity index (χ1) is 7.91. The maximum atomic E-state index is 3.72. The van der Waals surface area contributed by atoms with Gasteiger partial charge in [-0.05, 0) is 48.3 Å². The first-order valence-electron chi connectivity index (χ1n) is 6.27. The Hall–Kier alpha value is -0.470. The molecule has 1 spiro atoms. The van der Waals surface area contributed by atoms with Crippen molar-refractivity contribution in [1.29, 1.82) is 0 Å². The van der Waals surface area contributed by atoms with Gasteiger partial charge in [0.25, 0.3) is 0 Å². The quantitative estimate of drug-likeness (QED) is 0.799. The molecule has 0 radical (unpaired) electrons. The fourth-order valence-electron chi connectivity index (χ4n) is 3.26. The third-order valence-electron chi connectivity index (χ3n) is 4.21. The van der Waals surface area contributed by atoms with E-state index in [-0.39, 0.29) is 0 Å². The van der Waals surface area contributed by atoms with Crippen molar-refractivity contribution in [2.45, 2.75) is 25.3 Å². The zero-order chi connectivity index (χ0) is 10.8. The number of hydrogen-bond acceptors (Lipinski definition) is 2. The van der Waals surface area contributed by atoms with Crippen LogP contribution in [-0.4, -0.2) is 18.1 Å². The van der Waals surface area contributed by atoms with Gasteiger partial charge in [-0.25, -0.2) is 0 Å². The molecule has 1 aromatic carbocycles. The Morgan fingerprint density at radius 2 is 1.81 bits per heavy atom. The van der Waals surface area contributed by atoms with E-state index in [1.165, 1.54) is 42.9 Å². The Morgan fingerprint density at radius 1 is 1.06 bits per heavy atom. The van der Waals surface area contributed by atoms with Gasteiger partial charge in [0.2, 0.25) is 0 Å². The molecule has 2 heteroatoms. The highest BCUT2D eigenvalue weighted by Crippen LogP contribution is 2.50. The molecule has 0 amide bonds. The van der Waals surface area contributed by atoms with Gasteiger partial charge >= 0.3 is 0 Å². The number of rotatable bonds is 1. The topological polar surface area (TPSA) is 12.0 Å². The summed E-state index contributed by atoms with van der Waals surface area (Å²) in [6.07, 6.45) is 4.15. The van der Waals surface area contributed by atoms with Crippen LogP contribution in [0.1, 0.15) is 30.9 Å². The summed E-state index contributed by atoms with van der Waals surface area (Å²) >= 11 is 2.13. The van der Waals surface area contributed by atoms with Crippen LogP contribution in [0.3, 0.4) is 0 Å². The van der Waals surface area contributed by atoms with Gasteiger partial charge < -0.3 is 5.32 Å². The third-order valence-corrected chi connectivity index (χ3v) is 5.19. The van der Waals surface area contributed by atoms with E-state index in [1.807, 2.05) is 0 Å². The van der Waals surface area contributed by atoms with Crippen LogP contribution in [0, 0.1) is 5.41 Å². The average molecular weight is 233 g/mol. The van der Waals surface area contributed by atoms with Gasteiger partial charge in [-0.15, -0.1) is 0 Å². The molecule has 0 aromatic heterocycles. The molecule has 0 bridgehead atoms. The highest BCUT2D eigenvalue weighted by Gasteiger charge is 2.43. The van der Waals surface area contributed by atoms with E-state index in [0.29, 0.717) is 11.5 Å². The summed E-state index contributed by atoms with van der Waals surface area (Å²) in [7, 11) is 0. The van der Waals surface area contributed by atoms with E-state index in [1.54, 1.807) is 0 Å². The maximum absolute atomic E-state index is 3.72. The molecule has 1 nitrogen and oxygen atoms in total. The smallest absolute Gasteiger partial charge is 0.0378 e. The lowest BCUT2D eigenvalue weighted by Gasteiger charge is -2.38. The summed E-state index contributed by atoms with van der Waals surface area (Å²) < 4.78 is 0. The molecule has 2 aliphatic rings. The van der Waals surface area contributed by atoms with Gasteiger partial charge in [-0.1, -0.05) is 30.3 Å². The predicted octanol–water partition coefficient (Wildman–Crippen LogP) is 3.23. The van der Waals surface area contributed by atoms with Crippen LogP contribution in [-0.2, 0) is 0 Å². The summed E-state index contributed by atoms with van der Waals surface area (Å²) in [5, 5.41) is 3.72. The normalized spacial score (nSPS) is 28.4. The van der Waals surface area contributed by atoms with Gasteiger partial charge in [0.15, 0.2) is 0 Å². The maximum Gasteiger partial charge on any atom is 0.0378 e. The lowest BCUT2D eigenvalue weighted by molar-refractivity contribution is 0.227. The summed E-state index contributed by atoms with van der Waals surface area (Å²) in [4.78, 5) is 0. The molecule has 0 saturated carbocycles. The molecule has 16 heavy (non-hydrogen) atoms. The Kier molecular flexibility index (Phi) is 2.95.